The van der Waals surface area contributed by atoms with Crippen molar-refractivity contribution in [1.82, 2.24) is 4.90 Å². The summed E-state index contributed by atoms with van der Waals surface area (Å²) < 4.78 is 11.2. The van der Waals surface area contributed by atoms with Crippen LogP contribution in [0.3, 0.4) is 0 Å². The maximum absolute atomic E-state index is 13.0. The van der Waals surface area contributed by atoms with Crippen LogP contribution < -0.4 is 9.47 Å². The molecule has 0 aliphatic carbocycles. The molecule has 1 heterocycles. The van der Waals surface area contributed by atoms with Crippen molar-refractivity contribution in [3.63, 3.8) is 0 Å². The second kappa shape index (κ2) is 8.17. The molecule has 0 spiro atoms. The van der Waals surface area contributed by atoms with E-state index in [-0.39, 0.29) is 5.91 Å². The maximum atomic E-state index is 13.0. The van der Waals surface area contributed by atoms with Gasteiger partial charge in [-0.1, -0.05) is 42.5 Å². The summed E-state index contributed by atoms with van der Waals surface area (Å²) in [5.74, 6) is 1.55. The summed E-state index contributed by atoms with van der Waals surface area (Å²) >= 11 is 0. The molecule has 4 rings (SSSR count). The predicted octanol–water partition coefficient (Wildman–Crippen LogP) is 4.47. The zero-order valence-corrected chi connectivity index (χ0v) is 15.9. The number of rotatable bonds is 5. The van der Waals surface area contributed by atoms with Crippen molar-refractivity contribution in [2.24, 2.45) is 0 Å². The van der Waals surface area contributed by atoms with E-state index in [1.54, 1.807) is 7.11 Å². The topological polar surface area (TPSA) is 38.8 Å². The first kappa shape index (κ1) is 18.1. The molecule has 142 valence electrons. The third kappa shape index (κ3) is 4.01. The van der Waals surface area contributed by atoms with E-state index in [1.165, 1.54) is 5.56 Å². The van der Waals surface area contributed by atoms with Gasteiger partial charge in [0, 0.05) is 18.7 Å². The van der Waals surface area contributed by atoms with Gasteiger partial charge in [0.05, 0.1) is 7.11 Å². The number of hydrogen-bond donors (Lipinski definition) is 0. The Bertz CT molecular complexity index is 969. The highest BCUT2D eigenvalue weighted by Gasteiger charge is 2.22. The van der Waals surface area contributed by atoms with Crippen molar-refractivity contribution in [3.8, 4) is 11.5 Å². The lowest BCUT2D eigenvalue weighted by molar-refractivity contribution is 0.0734. The molecule has 0 N–H and O–H groups in total. The lowest BCUT2D eigenvalue weighted by Crippen LogP contribution is -2.35. The number of benzene rings is 3. The number of amides is 1. The van der Waals surface area contributed by atoms with Crippen LogP contribution >= 0.6 is 0 Å². The molecule has 0 bridgehead atoms. The predicted molar refractivity (Wildman–Crippen MR) is 109 cm³/mol. The quantitative estimate of drug-likeness (QED) is 0.662. The van der Waals surface area contributed by atoms with E-state index in [0.717, 1.165) is 23.3 Å². The first-order chi connectivity index (χ1) is 13.7. The molecule has 0 saturated carbocycles. The highest BCUT2D eigenvalue weighted by Crippen LogP contribution is 2.25. The normalized spacial score (nSPS) is 13.0. The van der Waals surface area contributed by atoms with Gasteiger partial charge >= 0.3 is 0 Å². The second-order valence-electron chi connectivity index (χ2n) is 6.91. The van der Waals surface area contributed by atoms with Gasteiger partial charge in [0.1, 0.15) is 18.1 Å². The highest BCUT2D eigenvalue weighted by atomic mass is 16.5. The van der Waals surface area contributed by atoms with Crippen LogP contribution in [0.2, 0.25) is 0 Å². The summed E-state index contributed by atoms with van der Waals surface area (Å²) in [5, 5.41) is 0. The van der Waals surface area contributed by atoms with Gasteiger partial charge in [-0.15, -0.1) is 0 Å². The standard InChI is InChI=1S/C24H23NO3/c1-27-22-11-10-19-12-13-25(16-21(19)15-22)24(26)20-8-5-9-23(14-20)28-17-18-6-3-2-4-7-18/h2-11,14-15H,12-13,16-17H2,1H3. The van der Waals surface area contributed by atoms with E-state index in [2.05, 4.69) is 6.07 Å². The smallest absolute Gasteiger partial charge is 0.254 e. The molecule has 0 unspecified atom stereocenters. The van der Waals surface area contributed by atoms with Gasteiger partial charge in [-0.05, 0) is 53.4 Å². The van der Waals surface area contributed by atoms with Gasteiger partial charge in [0.15, 0.2) is 0 Å². The van der Waals surface area contributed by atoms with Gasteiger partial charge in [-0.3, -0.25) is 4.79 Å². The minimum absolute atomic E-state index is 0.0265. The zero-order chi connectivity index (χ0) is 19.3. The van der Waals surface area contributed by atoms with E-state index in [9.17, 15) is 4.79 Å². The lowest BCUT2D eigenvalue weighted by Gasteiger charge is -2.29. The van der Waals surface area contributed by atoms with Crippen molar-refractivity contribution in [2.45, 2.75) is 19.6 Å². The lowest BCUT2D eigenvalue weighted by atomic mass is 9.99. The number of carbonyl (C=O) groups is 1. The Morgan fingerprint density at radius 2 is 1.79 bits per heavy atom. The minimum Gasteiger partial charge on any atom is -0.497 e. The van der Waals surface area contributed by atoms with E-state index >= 15 is 0 Å². The Morgan fingerprint density at radius 1 is 0.929 bits per heavy atom. The van der Waals surface area contributed by atoms with Gasteiger partial charge < -0.3 is 14.4 Å². The maximum Gasteiger partial charge on any atom is 0.254 e. The summed E-state index contributed by atoms with van der Waals surface area (Å²) in [6.45, 7) is 1.79. The average molecular weight is 373 g/mol. The number of hydrogen-bond acceptors (Lipinski definition) is 3. The summed E-state index contributed by atoms with van der Waals surface area (Å²) in [7, 11) is 1.66. The third-order valence-corrected chi connectivity index (χ3v) is 5.04. The van der Waals surface area contributed by atoms with Crippen LogP contribution in [0.25, 0.3) is 0 Å². The molecule has 0 saturated heterocycles. The van der Waals surface area contributed by atoms with Crippen LogP contribution in [0, 0.1) is 0 Å². The first-order valence-electron chi connectivity index (χ1n) is 9.45. The molecule has 0 fully saturated rings. The Labute approximate surface area is 165 Å². The van der Waals surface area contributed by atoms with Crippen LogP contribution in [0.15, 0.2) is 72.8 Å². The van der Waals surface area contributed by atoms with Gasteiger partial charge in [0.25, 0.3) is 5.91 Å². The van der Waals surface area contributed by atoms with E-state index < -0.39 is 0 Å². The largest absolute Gasteiger partial charge is 0.497 e. The van der Waals surface area contributed by atoms with Crippen molar-refractivity contribution < 1.29 is 14.3 Å². The Balaban J connectivity index is 1.46. The number of fused-ring (bicyclic) bond motifs is 1. The zero-order valence-electron chi connectivity index (χ0n) is 15.9. The van der Waals surface area contributed by atoms with Crippen molar-refractivity contribution in [1.29, 1.82) is 0 Å². The van der Waals surface area contributed by atoms with Gasteiger partial charge in [-0.2, -0.15) is 0 Å². The van der Waals surface area contributed by atoms with Crippen LogP contribution in [-0.2, 0) is 19.6 Å². The molecular weight excluding hydrogens is 350 g/mol. The van der Waals surface area contributed by atoms with Crippen LogP contribution in [0.4, 0.5) is 0 Å². The summed E-state index contributed by atoms with van der Waals surface area (Å²) in [6.07, 6.45) is 0.856. The van der Waals surface area contributed by atoms with Crippen LogP contribution in [0.5, 0.6) is 11.5 Å². The van der Waals surface area contributed by atoms with Crippen LogP contribution in [-0.4, -0.2) is 24.5 Å². The molecule has 0 aromatic heterocycles. The number of ether oxygens (including phenoxy) is 2. The monoisotopic (exact) mass is 373 g/mol. The van der Waals surface area contributed by atoms with Crippen molar-refractivity contribution in [3.05, 3.63) is 95.1 Å². The SMILES string of the molecule is COc1ccc2c(c1)CN(C(=O)c1cccc(OCc3ccccc3)c1)CC2. The van der Waals surface area contributed by atoms with E-state index in [1.807, 2.05) is 71.6 Å². The minimum atomic E-state index is 0.0265. The fraction of sp³-hybridized carbons (Fsp3) is 0.208. The number of carbonyl (C=O) groups excluding carboxylic acids is 1. The van der Waals surface area contributed by atoms with Crippen molar-refractivity contribution >= 4 is 5.91 Å². The molecule has 1 amide bonds. The van der Waals surface area contributed by atoms with Crippen molar-refractivity contribution in [2.75, 3.05) is 13.7 Å². The van der Waals surface area contributed by atoms with Gasteiger partial charge in [0.2, 0.25) is 0 Å². The summed E-state index contributed by atoms with van der Waals surface area (Å²) in [6, 6.07) is 23.5. The van der Waals surface area contributed by atoms with Gasteiger partial charge in [-0.25, -0.2) is 0 Å². The fourth-order valence-corrected chi connectivity index (χ4v) is 3.48. The molecule has 1 aliphatic heterocycles. The molecular formula is C24H23NO3. The number of nitrogens with zero attached hydrogens (tertiary/aromatic N) is 1. The molecule has 3 aromatic rings. The first-order valence-corrected chi connectivity index (χ1v) is 9.45. The van der Waals surface area contributed by atoms with E-state index in [0.29, 0.717) is 31.0 Å². The Morgan fingerprint density at radius 3 is 2.61 bits per heavy atom. The molecule has 3 aromatic carbocycles. The number of methoxy groups -OCH3 is 1. The fourth-order valence-electron chi connectivity index (χ4n) is 3.48. The summed E-state index contributed by atoms with van der Waals surface area (Å²) in [4.78, 5) is 14.9. The van der Waals surface area contributed by atoms with Crippen LogP contribution in [0.1, 0.15) is 27.0 Å². The molecule has 4 heteroatoms. The second-order valence-corrected chi connectivity index (χ2v) is 6.91. The molecule has 28 heavy (non-hydrogen) atoms. The molecule has 0 radical (unpaired) electrons. The summed E-state index contributed by atoms with van der Waals surface area (Å²) in [5.41, 5.74) is 4.18. The Kier molecular flexibility index (Phi) is 5.29. The highest BCUT2D eigenvalue weighted by molar-refractivity contribution is 5.94. The Hall–Kier alpha value is -3.27. The molecule has 0 atom stereocenters. The molecule has 4 nitrogen and oxygen atoms in total. The average Bonchev–Trinajstić information content (AvgIpc) is 2.77. The third-order valence-electron chi connectivity index (χ3n) is 5.04. The molecule has 1 aliphatic rings. The van der Waals surface area contributed by atoms with E-state index in [4.69, 9.17) is 9.47 Å².